The molecule has 0 radical (unpaired) electrons. The largest absolute Gasteiger partial charge is 0.481 e. The van der Waals surface area contributed by atoms with Crippen molar-refractivity contribution in [3.8, 4) is 0 Å². The SMILES string of the molecule is CCCCN(CCSSC[C@@H]1NC(=O)C(Cc2ccccc2)NC(=O)[C@H](CC(=O)O)NC(=O)CNC(=O)[C@H](CCCN=C(N)N)NC1=O)C(=O)O[C@@H](C(=O)O[C@H]1C[C@@]2(O)[C@@H](OC(=O)c3ccccc3)[C@@H]3[C@]4(OC(C)=O)CO[C@@H]4C[C@H](OC)[C@@]3(C)C(=O)[C@H](O)C(=C1C)C2(C)C)[C@@H](NC(=O)OC(C)(C)C)c1ccccc1. The number of alkyl carbamates (subject to hydrolysis) is 1. The summed E-state index contributed by atoms with van der Waals surface area (Å²) >= 11 is 0. The summed E-state index contributed by atoms with van der Waals surface area (Å²) in [6.45, 7) is 12.7. The molecule has 34 heteroatoms. The van der Waals surface area contributed by atoms with Gasteiger partial charge in [-0.25, -0.2) is 19.2 Å². The molecule has 5 aliphatic rings. The van der Waals surface area contributed by atoms with Crippen LogP contribution in [0.4, 0.5) is 9.59 Å². The molecule has 2 bridgehead atoms. The number of nitrogens with one attached hydrogen (secondary N) is 6. The quantitative estimate of drug-likeness (QED) is 0.00991. The van der Waals surface area contributed by atoms with Crippen LogP contribution in [0.25, 0.3) is 0 Å². The van der Waals surface area contributed by atoms with E-state index in [4.69, 9.17) is 44.6 Å². The second kappa shape index (κ2) is 36.9. The number of carboxylic acid groups (broad SMARTS) is 1. The second-order valence-electron chi connectivity index (χ2n) is 29.3. The van der Waals surface area contributed by atoms with Gasteiger partial charge in [-0.3, -0.25) is 43.3 Å². The Labute approximate surface area is 639 Å². The fourth-order valence-electron chi connectivity index (χ4n) is 14.9. The number of hydrogen-bond acceptors (Lipinski definition) is 24. The molecular formula is C75H100N10O22S2. The van der Waals surface area contributed by atoms with Crippen molar-refractivity contribution in [2.75, 3.05) is 51.4 Å². The van der Waals surface area contributed by atoms with E-state index in [9.17, 15) is 58.5 Å². The molecule has 8 rings (SSSR count). The van der Waals surface area contributed by atoms with Gasteiger partial charge in [0.1, 0.15) is 65.8 Å². The number of aliphatic hydroxyl groups excluding tert-OH is 1. The predicted octanol–water partition coefficient (Wildman–Crippen LogP) is 3.38. The fourth-order valence-corrected chi connectivity index (χ4v) is 17.0. The first-order valence-corrected chi connectivity index (χ1v) is 38.5. The smallest absolute Gasteiger partial charge is 0.410 e. The number of rotatable bonds is 27. The van der Waals surface area contributed by atoms with Crippen molar-refractivity contribution < 1.29 is 106 Å². The number of aliphatic hydroxyl groups is 2. The van der Waals surface area contributed by atoms with Crippen molar-refractivity contribution in [1.29, 1.82) is 0 Å². The minimum absolute atomic E-state index is 0.0181. The molecule has 32 nitrogen and oxygen atoms in total. The molecule has 13 N–H and O–H groups in total. The highest BCUT2D eigenvalue weighted by Crippen LogP contribution is 2.64. The Bertz CT molecular complexity index is 3880. The monoisotopic (exact) mass is 1560 g/mol. The average molecular weight is 1560 g/mol. The molecule has 4 fully saturated rings. The Kier molecular flexibility index (Phi) is 28.9. The first-order chi connectivity index (χ1) is 51.5. The summed E-state index contributed by atoms with van der Waals surface area (Å²) in [5.74, 6) is -12.0. The number of aliphatic carboxylic acids is 1. The van der Waals surface area contributed by atoms with Crippen LogP contribution < -0.4 is 43.4 Å². The first kappa shape index (κ1) is 85.3. The molecule has 2 aliphatic heterocycles. The van der Waals surface area contributed by atoms with Crippen LogP contribution in [-0.4, -0.2) is 227 Å². The van der Waals surface area contributed by atoms with Crippen molar-refractivity contribution in [3.63, 3.8) is 0 Å². The van der Waals surface area contributed by atoms with Crippen LogP contribution in [0.2, 0.25) is 0 Å². The maximum Gasteiger partial charge on any atom is 0.410 e. The number of aliphatic imine (C=N–C) groups is 1. The number of guanidine groups is 1. The number of amides is 7. The van der Waals surface area contributed by atoms with E-state index < -0.39 is 191 Å². The molecule has 2 heterocycles. The number of carbonyl (C=O) groups is 12. The number of carbonyl (C=O) groups excluding carboxylic acids is 11. The van der Waals surface area contributed by atoms with Gasteiger partial charge in [0.15, 0.2) is 17.3 Å². The van der Waals surface area contributed by atoms with Crippen LogP contribution >= 0.6 is 21.6 Å². The van der Waals surface area contributed by atoms with Gasteiger partial charge in [0.05, 0.1) is 42.6 Å². The van der Waals surface area contributed by atoms with E-state index in [0.717, 1.165) is 28.5 Å². The number of benzene rings is 3. The summed E-state index contributed by atoms with van der Waals surface area (Å²) in [5, 5.41) is 52.2. The van der Waals surface area contributed by atoms with Crippen LogP contribution in [-0.2, 0) is 82.7 Å². The lowest BCUT2D eigenvalue weighted by Crippen LogP contribution is -2.82. The van der Waals surface area contributed by atoms with Gasteiger partial charge in [0.25, 0.3) is 0 Å². The van der Waals surface area contributed by atoms with Gasteiger partial charge < -0.3 is 96.7 Å². The molecule has 3 aromatic carbocycles. The van der Waals surface area contributed by atoms with Crippen molar-refractivity contribution in [3.05, 3.63) is 119 Å². The van der Waals surface area contributed by atoms with E-state index in [1.165, 1.54) is 51.8 Å². The third kappa shape index (κ3) is 20.4. The molecule has 594 valence electrons. The van der Waals surface area contributed by atoms with Gasteiger partial charge in [-0.2, -0.15) is 0 Å². The Morgan fingerprint density at radius 1 is 0.807 bits per heavy atom. The molecule has 2 saturated carbocycles. The van der Waals surface area contributed by atoms with E-state index in [2.05, 4.69) is 36.9 Å². The van der Waals surface area contributed by atoms with Gasteiger partial charge in [-0.15, -0.1) is 0 Å². The minimum Gasteiger partial charge on any atom is -0.481 e. The number of fused-ring (bicyclic) bond motifs is 5. The predicted molar refractivity (Wildman–Crippen MR) is 397 cm³/mol. The third-order valence-electron chi connectivity index (χ3n) is 20.4. The summed E-state index contributed by atoms with van der Waals surface area (Å²) in [7, 11) is 3.53. The molecular weight excluding hydrogens is 1460 g/mol. The Balaban J connectivity index is 1.13. The van der Waals surface area contributed by atoms with Gasteiger partial charge in [0.2, 0.25) is 35.6 Å². The fraction of sp³-hybridized carbons (Fsp3) is 0.560. The van der Waals surface area contributed by atoms with Crippen LogP contribution in [0.15, 0.2) is 107 Å². The Morgan fingerprint density at radius 3 is 2.04 bits per heavy atom. The van der Waals surface area contributed by atoms with Gasteiger partial charge >= 0.3 is 36.1 Å². The third-order valence-corrected chi connectivity index (χ3v) is 22.8. The number of nitrogens with zero attached hydrogens (tertiary/aromatic N) is 2. The normalized spacial score (nSPS) is 27.6. The lowest BCUT2D eigenvalue weighted by Gasteiger charge is -2.67. The number of hydrogen-bond donors (Lipinski definition) is 11. The van der Waals surface area contributed by atoms with Gasteiger partial charge in [0, 0.05) is 69.9 Å². The molecule has 7 amide bonds. The Morgan fingerprint density at radius 2 is 1.43 bits per heavy atom. The van der Waals surface area contributed by atoms with E-state index in [0.29, 0.717) is 18.4 Å². The molecule has 3 aromatic rings. The van der Waals surface area contributed by atoms with E-state index >= 15 is 14.4 Å². The number of ketones is 1. The average Bonchev–Trinajstić information content (AvgIpc) is 0.670. The summed E-state index contributed by atoms with van der Waals surface area (Å²) in [5.41, 5.74) is 2.67. The number of ether oxygens (including phenoxy) is 7. The van der Waals surface area contributed by atoms with E-state index in [1.54, 1.807) is 99.6 Å². The van der Waals surface area contributed by atoms with Crippen molar-refractivity contribution in [1.82, 2.24) is 36.8 Å². The number of carboxylic acids is 1. The highest BCUT2D eigenvalue weighted by atomic mass is 33.1. The zero-order valence-electron chi connectivity index (χ0n) is 62.7. The second-order valence-corrected chi connectivity index (χ2v) is 32.0. The summed E-state index contributed by atoms with van der Waals surface area (Å²) in [6.07, 6.45) is -12.9. The summed E-state index contributed by atoms with van der Waals surface area (Å²) in [4.78, 5) is 177. The number of nitrogens with two attached hydrogens (primary N) is 2. The van der Waals surface area contributed by atoms with Crippen LogP contribution in [0.3, 0.4) is 0 Å². The summed E-state index contributed by atoms with van der Waals surface area (Å²) in [6, 6.07) is 16.5. The molecule has 109 heavy (non-hydrogen) atoms. The van der Waals surface area contributed by atoms with Crippen LogP contribution in [0, 0.1) is 16.7 Å². The first-order valence-electron chi connectivity index (χ1n) is 36.0. The van der Waals surface area contributed by atoms with Gasteiger partial charge in [-0.1, -0.05) is 128 Å². The van der Waals surface area contributed by atoms with E-state index in [-0.39, 0.29) is 91.7 Å². The van der Waals surface area contributed by atoms with Crippen LogP contribution in [0.5, 0.6) is 0 Å². The summed E-state index contributed by atoms with van der Waals surface area (Å²) < 4.78 is 43.6. The highest BCUT2D eigenvalue weighted by Gasteiger charge is 2.78. The molecule has 1 unspecified atom stereocenters. The van der Waals surface area contributed by atoms with Gasteiger partial charge in [-0.05, 0) is 88.3 Å². The van der Waals surface area contributed by atoms with Crippen molar-refractivity contribution in [2.45, 2.75) is 197 Å². The molecule has 2 saturated heterocycles. The molecule has 15 atom stereocenters. The Hall–Kier alpha value is -9.35. The van der Waals surface area contributed by atoms with Crippen molar-refractivity contribution in [2.24, 2.45) is 33.2 Å². The highest BCUT2D eigenvalue weighted by molar-refractivity contribution is 8.76. The topological polar surface area (TPSA) is 470 Å². The standard InChI is InChI=1S/C75H100N10O22S2/c1-11-12-31-85(32-33-108-109-39-49-65(95)81-46(29-22-30-78-68(76)77)62(92)79-38-53(87)80-48(35-54(88)89)64(94)82-47(63(93)83-49)34-43-23-16-13-17-24-43)70(99)104-58(56(44-25-18-14-19-26-44)84-69(98)107-71(4,5)6)67(97)103-50-37-75(100)61(105-66(96)45-27-20-15-21-28-45)59-73(9,60(91)57(90)55(41(50)2)72(75,7)8)51(101-10)36-52-74(59,40-102-52)106-42(3)86/h13-21,23-28,46-52,56-59,61,90,100H,11-12,22,29-40H2,1-10H3,(H,79,92)(H,80,87)(H,81,95)(H,82,94)(H,83,93)(H,84,98)(H,88,89)(H4,76,77,78)/t46-,47?,48-,49-,50-,51-,52+,56-,57+,58+,59-,61-,73+,74-,75+/m0/s1. The lowest BCUT2D eigenvalue weighted by molar-refractivity contribution is -0.347. The molecule has 0 spiro atoms. The van der Waals surface area contributed by atoms with Crippen molar-refractivity contribution >= 4 is 98.9 Å². The molecule has 3 aliphatic carbocycles. The van der Waals surface area contributed by atoms with Crippen LogP contribution in [0.1, 0.15) is 135 Å². The maximum atomic E-state index is 15.9. The lowest BCUT2D eigenvalue weighted by atomic mass is 9.44. The number of esters is 3. The zero-order chi connectivity index (χ0) is 79.9. The maximum absolute atomic E-state index is 15.9. The number of methoxy groups -OCH3 is 1. The zero-order valence-corrected chi connectivity index (χ0v) is 64.3. The minimum atomic E-state index is -2.51. The number of Topliss-reactive ketones (excluding diaryl/α,β-unsaturated/α-hetero) is 1. The number of unbranched alkanes of at least 4 members (excludes halogenated alkanes) is 1. The van der Waals surface area contributed by atoms with E-state index in [1.807, 2.05) is 6.92 Å². The molecule has 0 aromatic heterocycles.